The third-order valence-corrected chi connectivity index (χ3v) is 6.07. The second kappa shape index (κ2) is 8.19. The summed E-state index contributed by atoms with van der Waals surface area (Å²) in [7, 11) is 0. The third-order valence-electron chi connectivity index (χ3n) is 6.07. The Bertz CT molecular complexity index is 631. The molecule has 5 heteroatoms. The molecule has 1 saturated heterocycles. The molecule has 1 N–H and O–H groups in total. The second-order valence-electron chi connectivity index (χ2n) is 8.23. The molecule has 2 atom stereocenters. The van der Waals surface area contributed by atoms with E-state index in [-0.39, 0.29) is 17.9 Å². The minimum atomic E-state index is -0.407. The summed E-state index contributed by atoms with van der Waals surface area (Å²) < 4.78 is 0. The van der Waals surface area contributed by atoms with E-state index in [2.05, 4.69) is 24.1 Å². The molecule has 1 aliphatic heterocycles. The average molecular weight is 357 g/mol. The van der Waals surface area contributed by atoms with E-state index in [1.165, 1.54) is 0 Å². The van der Waals surface area contributed by atoms with Crippen molar-refractivity contribution < 1.29 is 9.59 Å². The highest BCUT2D eigenvalue weighted by Crippen LogP contribution is 2.46. The summed E-state index contributed by atoms with van der Waals surface area (Å²) in [6, 6.07) is 3.92. The lowest BCUT2D eigenvalue weighted by molar-refractivity contribution is -0.155. The number of likely N-dealkylation sites (tertiary alicyclic amines) is 1. The fraction of sp³-hybridized carbons (Fsp3) is 0.667. The van der Waals surface area contributed by atoms with Gasteiger partial charge in [0.1, 0.15) is 0 Å². The quantitative estimate of drug-likeness (QED) is 0.850. The van der Waals surface area contributed by atoms with Crippen molar-refractivity contribution >= 4 is 11.8 Å². The van der Waals surface area contributed by atoms with Crippen molar-refractivity contribution in [2.45, 2.75) is 71.4 Å². The van der Waals surface area contributed by atoms with E-state index >= 15 is 0 Å². The van der Waals surface area contributed by atoms with Crippen LogP contribution in [0.25, 0.3) is 0 Å². The Morgan fingerprint density at radius 1 is 1.31 bits per heavy atom. The van der Waals surface area contributed by atoms with Crippen LogP contribution < -0.4 is 5.32 Å². The van der Waals surface area contributed by atoms with Gasteiger partial charge in [-0.3, -0.25) is 14.6 Å². The molecule has 0 bridgehead atoms. The SMILES string of the molecule is CC(C)CCN1C(=O)CC[C@]2(C(=O)NCc3ccncc3)CCCC[C@@H]12. The van der Waals surface area contributed by atoms with Crippen molar-refractivity contribution in [3.63, 3.8) is 0 Å². The molecule has 3 rings (SSSR count). The first-order valence-electron chi connectivity index (χ1n) is 9.99. The molecule has 2 fully saturated rings. The first kappa shape index (κ1) is 18.9. The normalized spacial score (nSPS) is 25.9. The number of rotatable bonds is 6. The van der Waals surface area contributed by atoms with Gasteiger partial charge in [0.2, 0.25) is 11.8 Å². The highest BCUT2D eigenvalue weighted by atomic mass is 16.2. The van der Waals surface area contributed by atoms with Gasteiger partial charge in [0, 0.05) is 37.9 Å². The number of nitrogens with zero attached hydrogens (tertiary/aromatic N) is 2. The number of piperidine rings is 1. The predicted molar refractivity (Wildman–Crippen MR) is 101 cm³/mol. The van der Waals surface area contributed by atoms with Gasteiger partial charge in [-0.15, -0.1) is 0 Å². The number of carbonyl (C=O) groups excluding carboxylic acids is 2. The lowest BCUT2D eigenvalue weighted by atomic mass is 9.64. The van der Waals surface area contributed by atoms with Crippen LogP contribution in [-0.2, 0) is 16.1 Å². The van der Waals surface area contributed by atoms with Crippen molar-refractivity contribution in [2.24, 2.45) is 11.3 Å². The molecule has 1 saturated carbocycles. The molecular weight excluding hydrogens is 326 g/mol. The Labute approximate surface area is 156 Å². The van der Waals surface area contributed by atoms with Crippen molar-refractivity contribution in [1.29, 1.82) is 0 Å². The van der Waals surface area contributed by atoms with Gasteiger partial charge < -0.3 is 10.2 Å². The molecule has 0 unspecified atom stereocenters. The molecular formula is C21H31N3O2. The van der Waals surface area contributed by atoms with E-state index in [0.717, 1.165) is 44.2 Å². The summed E-state index contributed by atoms with van der Waals surface area (Å²) in [6.07, 6.45) is 9.70. The van der Waals surface area contributed by atoms with Crippen molar-refractivity contribution in [3.05, 3.63) is 30.1 Å². The number of carbonyl (C=O) groups is 2. The fourth-order valence-corrected chi connectivity index (χ4v) is 4.53. The van der Waals surface area contributed by atoms with Gasteiger partial charge in [0.15, 0.2) is 0 Å². The number of hydrogen-bond acceptors (Lipinski definition) is 3. The van der Waals surface area contributed by atoms with E-state index in [0.29, 0.717) is 25.3 Å². The van der Waals surface area contributed by atoms with Crippen LogP contribution in [0.1, 0.15) is 64.4 Å². The van der Waals surface area contributed by atoms with E-state index < -0.39 is 5.41 Å². The van der Waals surface area contributed by atoms with E-state index in [1.807, 2.05) is 17.0 Å². The number of nitrogens with one attached hydrogen (secondary N) is 1. The highest BCUT2D eigenvalue weighted by Gasteiger charge is 2.52. The van der Waals surface area contributed by atoms with Gasteiger partial charge in [-0.1, -0.05) is 26.7 Å². The molecule has 5 nitrogen and oxygen atoms in total. The van der Waals surface area contributed by atoms with Crippen molar-refractivity contribution in [2.75, 3.05) is 6.54 Å². The smallest absolute Gasteiger partial charge is 0.228 e. The lowest BCUT2D eigenvalue weighted by Gasteiger charge is -2.51. The number of fused-ring (bicyclic) bond motifs is 1. The summed E-state index contributed by atoms with van der Waals surface area (Å²) in [6.45, 7) is 5.67. The van der Waals surface area contributed by atoms with Crippen LogP contribution in [0.4, 0.5) is 0 Å². The van der Waals surface area contributed by atoms with Crippen LogP contribution in [0, 0.1) is 11.3 Å². The first-order chi connectivity index (χ1) is 12.5. The van der Waals surface area contributed by atoms with Crippen LogP contribution >= 0.6 is 0 Å². The molecule has 1 aromatic rings. The highest BCUT2D eigenvalue weighted by molar-refractivity contribution is 5.88. The summed E-state index contributed by atoms with van der Waals surface area (Å²) in [5, 5.41) is 3.15. The zero-order chi connectivity index (χ0) is 18.6. The zero-order valence-electron chi connectivity index (χ0n) is 16.0. The predicted octanol–water partition coefficient (Wildman–Crippen LogP) is 3.30. The molecule has 142 valence electrons. The summed E-state index contributed by atoms with van der Waals surface area (Å²) in [4.78, 5) is 31.9. The summed E-state index contributed by atoms with van der Waals surface area (Å²) in [5.74, 6) is 0.916. The maximum atomic E-state index is 13.3. The van der Waals surface area contributed by atoms with Crippen LogP contribution in [0.2, 0.25) is 0 Å². The standard InChI is InChI=1S/C21H31N3O2/c1-16(2)9-14-24-18-5-3-4-10-21(18,11-6-19(24)25)20(26)23-15-17-7-12-22-13-8-17/h7-8,12-13,16,18H,3-6,9-11,14-15H2,1-2H3,(H,23,26)/t18-,21-/m1/s1. The number of amides is 2. The Kier molecular flexibility index (Phi) is 5.94. The first-order valence-corrected chi connectivity index (χ1v) is 9.99. The average Bonchev–Trinajstić information content (AvgIpc) is 2.66. The molecule has 1 aromatic heterocycles. The largest absolute Gasteiger partial charge is 0.351 e. The Hall–Kier alpha value is -1.91. The zero-order valence-corrected chi connectivity index (χ0v) is 16.0. The van der Waals surface area contributed by atoms with Gasteiger partial charge >= 0.3 is 0 Å². The topological polar surface area (TPSA) is 62.3 Å². The maximum Gasteiger partial charge on any atom is 0.228 e. The molecule has 1 aliphatic carbocycles. The molecule has 26 heavy (non-hydrogen) atoms. The number of aromatic nitrogens is 1. The molecule has 2 amide bonds. The molecule has 2 aliphatic rings. The van der Waals surface area contributed by atoms with E-state index in [1.54, 1.807) is 12.4 Å². The van der Waals surface area contributed by atoms with Crippen LogP contribution in [0.15, 0.2) is 24.5 Å². The lowest BCUT2D eigenvalue weighted by Crippen LogP contribution is -2.61. The second-order valence-corrected chi connectivity index (χ2v) is 8.23. The van der Waals surface area contributed by atoms with E-state index in [4.69, 9.17) is 0 Å². The van der Waals surface area contributed by atoms with Gasteiger partial charge in [0.05, 0.1) is 5.41 Å². The summed E-state index contributed by atoms with van der Waals surface area (Å²) in [5.41, 5.74) is 0.650. The number of pyridine rings is 1. The molecule has 0 spiro atoms. The summed E-state index contributed by atoms with van der Waals surface area (Å²) >= 11 is 0. The van der Waals surface area contributed by atoms with Crippen molar-refractivity contribution in [1.82, 2.24) is 15.2 Å². The molecule has 2 heterocycles. The van der Waals surface area contributed by atoms with Gasteiger partial charge in [-0.05, 0) is 49.3 Å². The van der Waals surface area contributed by atoms with Gasteiger partial charge in [0.25, 0.3) is 0 Å². The van der Waals surface area contributed by atoms with Crippen LogP contribution in [-0.4, -0.2) is 34.3 Å². The monoisotopic (exact) mass is 357 g/mol. The van der Waals surface area contributed by atoms with Crippen LogP contribution in [0.5, 0.6) is 0 Å². The third kappa shape index (κ3) is 3.92. The minimum Gasteiger partial charge on any atom is -0.351 e. The van der Waals surface area contributed by atoms with E-state index in [9.17, 15) is 9.59 Å². The number of hydrogen-bond donors (Lipinski definition) is 1. The van der Waals surface area contributed by atoms with Gasteiger partial charge in [-0.25, -0.2) is 0 Å². The Morgan fingerprint density at radius 3 is 2.81 bits per heavy atom. The Balaban J connectivity index is 1.75. The van der Waals surface area contributed by atoms with Crippen LogP contribution in [0.3, 0.4) is 0 Å². The fourth-order valence-electron chi connectivity index (χ4n) is 4.53. The van der Waals surface area contributed by atoms with Gasteiger partial charge in [-0.2, -0.15) is 0 Å². The maximum absolute atomic E-state index is 13.3. The van der Waals surface area contributed by atoms with Crippen molar-refractivity contribution in [3.8, 4) is 0 Å². The molecule has 0 aromatic carbocycles. The molecule has 0 radical (unpaired) electrons. The minimum absolute atomic E-state index is 0.0636. The Morgan fingerprint density at radius 2 is 2.08 bits per heavy atom.